The van der Waals surface area contributed by atoms with Gasteiger partial charge in [-0.05, 0) is 98.2 Å². The Balaban J connectivity index is 1.21. The molecule has 0 N–H and O–H groups in total. The van der Waals surface area contributed by atoms with Gasteiger partial charge in [0.05, 0.1) is 23.5 Å². The van der Waals surface area contributed by atoms with Crippen LogP contribution in [0.4, 0.5) is 17.1 Å². The third kappa shape index (κ3) is 5.71. The smallest absolute Gasteiger partial charge is 0.136 e. The van der Waals surface area contributed by atoms with Crippen LogP contribution in [-0.4, -0.2) is 0 Å². The van der Waals surface area contributed by atoms with Crippen molar-refractivity contribution in [3.63, 3.8) is 0 Å². The van der Waals surface area contributed by atoms with Crippen molar-refractivity contribution in [3.05, 3.63) is 212 Å². The molecule has 254 valence electrons. The van der Waals surface area contributed by atoms with Gasteiger partial charge in [-0.15, -0.1) is 0 Å². The van der Waals surface area contributed by atoms with Crippen molar-refractivity contribution in [1.82, 2.24) is 0 Å². The molecule has 9 aromatic carbocycles. The summed E-state index contributed by atoms with van der Waals surface area (Å²) in [5, 5.41) is 3.75. The second-order valence-corrected chi connectivity index (χ2v) is 12.7. The first kappa shape index (κ1) is 20.8. The normalized spacial score (nSPS) is 14.7. The fourth-order valence-corrected chi connectivity index (χ4v) is 6.93. The molecule has 0 amide bonds. The summed E-state index contributed by atoms with van der Waals surface area (Å²) in [6, 6.07) is 33.4. The third-order valence-corrected chi connectivity index (χ3v) is 9.49. The van der Waals surface area contributed by atoms with E-state index in [1.807, 2.05) is 127 Å². The van der Waals surface area contributed by atoms with Crippen LogP contribution in [-0.2, 0) is 0 Å². The van der Waals surface area contributed by atoms with E-state index in [1.165, 1.54) is 0 Å². The molecule has 0 saturated heterocycles. The molecule has 0 bridgehead atoms. The predicted octanol–water partition coefficient (Wildman–Crippen LogP) is 14.9. The molecule has 10 aromatic rings. The minimum atomic E-state index is -0.779. The van der Waals surface area contributed by atoms with Crippen molar-refractivity contribution >= 4 is 49.8 Å². The van der Waals surface area contributed by atoms with E-state index in [-0.39, 0.29) is 5.69 Å². The van der Waals surface area contributed by atoms with Gasteiger partial charge in [-0.25, -0.2) is 0 Å². The molecule has 0 fully saturated rings. The summed E-state index contributed by atoms with van der Waals surface area (Å²) in [4.78, 5) is 1.65. The number of anilines is 3. The third-order valence-electron chi connectivity index (χ3n) is 9.49. The molecule has 0 radical (unpaired) electrons. The number of fused-ring (bicyclic) bond motifs is 4. The second-order valence-electron chi connectivity index (χ2n) is 12.7. The molecule has 0 saturated carbocycles. The lowest BCUT2D eigenvalue weighted by Gasteiger charge is -2.28. The van der Waals surface area contributed by atoms with Crippen LogP contribution >= 0.6 is 0 Å². The largest absolute Gasteiger partial charge is 0.456 e. The molecule has 2 heteroatoms. The lowest BCUT2D eigenvalue weighted by atomic mass is 9.96. The van der Waals surface area contributed by atoms with Gasteiger partial charge in [0.2, 0.25) is 0 Å². The number of hydrogen-bond acceptors (Lipinski definition) is 2. The molecule has 0 aliphatic heterocycles. The Morgan fingerprint density at radius 3 is 1.69 bits per heavy atom. The van der Waals surface area contributed by atoms with Crippen LogP contribution in [0.1, 0.15) is 17.8 Å². The number of para-hydroxylation sites is 1. The second kappa shape index (κ2) is 13.4. The van der Waals surface area contributed by atoms with Crippen molar-refractivity contribution in [2.24, 2.45) is 0 Å². The lowest BCUT2D eigenvalue weighted by molar-refractivity contribution is 0.669. The summed E-state index contributed by atoms with van der Waals surface area (Å²) in [6.07, 6.45) is 0. The van der Waals surface area contributed by atoms with E-state index in [0.717, 1.165) is 38.2 Å². The zero-order valence-corrected chi connectivity index (χ0v) is 28.6. The average Bonchev–Trinajstić information content (AvgIpc) is 3.72. The molecule has 1 aromatic heterocycles. The summed E-state index contributed by atoms with van der Waals surface area (Å²) in [5.41, 5.74) is 3.34. The van der Waals surface area contributed by atoms with Gasteiger partial charge in [-0.3, -0.25) is 0 Å². The molecule has 0 unspecified atom stereocenters. The van der Waals surface area contributed by atoms with E-state index in [1.54, 1.807) is 4.90 Å². The molecule has 0 aliphatic carbocycles. The number of nitrogens with zero attached hydrogens (tertiary/aromatic N) is 1. The van der Waals surface area contributed by atoms with Crippen molar-refractivity contribution in [3.8, 4) is 44.5 Å². The van der Waals surface area contributed by atoms with Crippen molar-refractivity contribution < 1.29 is 22.2 Å². The zero-order chi connectivity index (χ0) is 47.2. The number of benzene rings is 9. The molecule has 2 nitrogen and oxygen atoms in total. The monoisotopic (exact) mass is 702 g/mol. The van der Waals surface area contributed by atoms with Gasteiger partial charge in [0.25, 0.3) is 0 Å². The van der Waals surface area contributed by atoms with E-state index in [9.17, 15) is 5.48 Å². The Morgan fingerprint density at radius 2 is 0.963 bits per heavy atom. The Morgan fingerprint density at radius 1 is 0.389 bits per heavy atom. The average molecular weight is 703 g/mol. The highest BCUT2D eigenvalue weighted by Crippen LogP contribution is 2.45. The molecule has 0 atom stereocenters. The van der Waals surface area contributed by atoms with Crippen LogP contribution in [0.2, 0.25) is 0 Å². The number of rotatable bonds is 7. The Bertz CT molecular complexity index is 3600. The topological polar surface area (TPSA) is 16.4 Å². The van der Waals surface area contributed by atoms with Crippen molar-refractivity contribution in [1.29, 1.82) is 0 Å². The van der Waals surface area contributed by atoms with Crippen molar-refractivity contribution in [2.75, 3.05) is 4.90 Å². The molecule has 10 rings (SSSR count). The minimum Gasteiger partial charge on any atom is -0.456 e. The van der Waals surface area contributed by atoms with Crippen molar-refractivity contribution in [2.45, 2.75) is 0 Å². The van der Waals surface area contributed by atoms with Crippen LogP contribution in [0.3, 0.4) is 0 Å². The fraction of sp³-hybridized carbons (Fsp3) is 0. The molecule has 54 heavy (non-hydrogen) atoms. The van der Waals surface area contributed by atoms with E-state index < -0.39 is 101 Å². The molecular formula is C52H35NO. The van der Waals surface area contributed by atoms with Gasteiger partial charge in [0, 0.05) is 27.7 Å². The number of furan rings is 1. The first-order valence-electron chi connectivity index (χ1n) is 23.9. The summed E-state index contributed by atoms with van der Waals surface area (Å²) in [6.45, 7) is 0. The van der Waals surface area contributed by atoms with Gasteiger partial charge in [-0.1, -0.05) is 164 Å². The predicted molar refractivity (Wildman–Crippen MR) is 228 cm³/mol. The van der Waals surface area contributed by atoms with Crippen LogP contribution in [0.25, 0.3) is 77.2 Å². The summed E-state index contributed by atoms with van der Waals surface area (Å²) in [5.74, 6) is 0. The van der Waals surface area contributed by atoms with Crippen LogP contribution in [0.15, 0.2) is 216 Å². The highest BCUT2D eigenvalue weighted by atomic mass is 16.3. The Hall–Kier alpha value is -7.16. The molecular weight excluding hydrogens is 655 g/mol. The Kier molecular flexibility index (Phi) is 5.17. The van der Waals surface area contributed by atoms with E-state index in [0.29, 0.717) is 28.1 Å². The van der Waals surface area contributed by atoms with Crippen LogP contribution in [0, 0.1) is 0 Å². The lowest BCUT2D eigenvalue weighted by Crippen LogP contribution is -2.11. The first-order valence-corrected chi connectivity index (χ1v) is 17.4. The summed E-state index contributed by atoms with van der Waals surface area (Å²) < 4.78 is 122. The van der Waals surface area contributed by atoms with E-state index in [4.69, 9.17) is 16.8 Å². The summed E-state index contributed by atoms with van der Waals surface area (Å²) in [7, 11) is 0. The maximum Gasteiger partial charge on any atom is 0.136 e. The van der Waals surface area contributed by atoms with Gasteiger partial charge >= 0.3 is 0 Å². The standard InChI is InChI=1S/C52H35NO/c1-3-12-36(13-4-1)38-22-24-39(25-23-38)41-28-32-45(33-29-41)53(44-30-26-40(27-31-44)37-14-5-2-6-15-37)49-20-10-9-18-46(49)47-19-11-21-50-52(47)48-34-42-16-7-8-17-43(42)35-51(48)54-50/h1-35H/i1D,3D,4D,12D,13D,22D,23D,24D,25D,28D,29D,32D,33D. The highest BCUT2D eigenvalue weighted by Gasteiger charge is 2.21. The van der Waals surface area contributed by atoms with Gasteiger partial charge in [0.15, 0.2) is 0 Å². The quantitative estimate of drug-likeness (QED) is 0.164. The zero-order valence-electron chi connectivity index (χ0n) is 41.6. The fourth-order valence-electron chi connectivity index (χ4n) is 6.93. The minimum absolute atomic E-state index is 0.153. The molecule has 1 heterocycles. The van der Waals surface area contributed by atoms with Gasteiger partial charge in [0.1, 0.15) is 11.2 Å². The Labute approximate surface area is 333 Å². The van der Waals surface area contributed by atoms with E-state index >= 15 is 0 Å². The highest BCUT2D eigenvalue weighted by molar-refractivity contribution is 6.16. The number of hydrogen-bond donors (Lipinski definition) is 0. The molecule has 0 spiro atoms. The maximum atomic E-state index is 9.67. The van der Waals surface area contributed by atoms with E-state index in [2.05, 4.69) is 6.07 Å². The van der Waals surface area contributed by atoms with Crippen LogP contribution < -0.4 is 4.90 Å². The SMILES string of the molecule is [2H]c1c([2H])c([2H])c(-c2c([2H])c([2H])c(-c3c([2H])c([2H])c(N(c4ccc(-c5ccccc5)cc4)c4ccccc4-c4cccc5oc6cc7ccccc7cc6c45)c([2H])c3[2H])c([2H])c2[2H])c([2H])c1[2H]. The first-order chi connectivity index (χ1) is 32.2. The molecule has 0 aliphatic rings. The van der Waals surface area contributed by atoms with Gasteiger partial charge in [-0.2, -0.15) is 0 Å². The van der Waals surface area contributed by atoms with Crippen LogP contribution in [0.5, 0.6) is 0 Å². The summed E-state index contributed by atoms with van der Waals surface area (Å²) >= 11 is 0. The maximum absolute atomic E-state index is 9.67. The van der Waals surface area contributed by atoms with Gasteiger partial charge < -0.3 is 9.32 Å².